The van der Waals surface area contributed by atoms with Crippen LogP contribution in [0.25, 0.3) is 0 Å². The third-order valence-corrected chi connectivity index (χ3v) is 2.35. The van der Waals surface area contributed by atoms with Crippen molar-refractivity contribution in [1.29, 1.82) is 0 Å². The highest BCUT2D eigenvalue weighted by Crippen LogP contribution is 2.11. The Labute approximate surface area is 88.1 Å². The molecule has 0 aliphatic carbocycles. The molecule has 5 nitrogen and oxygen atoms in total. The van der Waals surface area contributed by atoms with Gasteiger partial charge in [-0.3, -0.25) is 4.98 Å². The van der Waals surface area contributed by atoms with Crippen LogP contribution in [0.2, 0.25) is 0 Å². The molecule has 0 saturated carbocycles. The Hall–Kier alpha value is -1.65. The maximum Gasteiger partial charge on any atom is 0.416 e. The molecule has 0 radical (unpaired) electrons. The lowest BCUT2D eigenvalue weighted by Gasteiger charge is -2.25. The summed E-state index contributed by atoms with van der Waals surface area (Å²) in [5, 5.41) is 0. The number of rotatable bonds is 1. The predicted molar refractivity (Wildman–Crippen MR) is 53.5 cm³/mol. The fourth-order valence-corrected chi connectivity index (χ4v) is 1.57. The van der Waals surface area contributed by atoms with Gasteiger partial charge in [0, 0.05) is 25.5 Å². The number of carbonyl (C=O) groups is 1. The number of hydrogen-bond acceptors (Lipinski definition) is 4. The maximum atomic E-state index is 11.6. The lowest BCUT2D eigenvalue weighted by atomic mass is 10.1. The van der Waals surface area contributed by atoms with Crippen molar-refractivity contribution in [3.05, 3.63) is 18.6 Å². The van der Waals surface area contributed by atoms with Gasteiger partial charge in [-0.05, 0) is 19.3 Å². The Bertz CT molecular complexity index is 323. The highest BCUT2D eigenvalue weighted by atomic mass is 16.6. The Balaban J connectivity index is 1.91. The monoisotopic (exact) mass is 207 g/mol. The van der Waals surface area contributed by atoms with E-state index < -0.39 is 0 Å². The summed E-state index contributed by atoms with van der Waals surface area (Å²) in [6.45, 7) is 1.55. The smallest absolute Gasteiger partial charge is 0.389 e. The van der Waals surface area contributed by atoms with Gasteiger partial charge in [-0.2, -0.15) is 0 Å². The lowest BCUT2D eigenvalue weighted by Crippen LogP contribution is -2.37. The Morgan fingerprint density at radius 3 is 2.73 bits per heavy atom. The first-order chi connectivity index (χ1) is 7.36. The van der Waals surface area contributed by atoms with Crippen LogP contribution in [-0.4, -0.2) is 34.1 Å². The maximum absolute atomic E-state index is 11.6. The molecule has 1 saturated heterocycles. The first-order valence-corrected chi connectivity index (χ1v) is 5.09. The molecule has 5 heteroatoms. The average Bonchev–Trinajstić information content (AvgIpc) is 2.31. The highest BCUT2D eigenvalue weighted by Gasteiger charge is 2.18. The van der Waals surface area contributed by atoms with Crippen molar-refractivity contribution in [2.75, 3.05) is 13.1 Å². The standard InChI is InChI=1S/C10H13N3O2/c14-10(13-6-2-1-3-7-13)15-9-8-11-4-5-12-9/h4-5,8H,1-3,6-7H2. The van der Waals surface area contributed by atoms with Gasteiger partial charge in [0.1, 0.15) is 0 Å². The van der Waals surface area contributed by atoms with E-state index in [4.69, 9.17) is 4.74 Å². The number of likely N-dealkylation sites (tertiary alicyclic amines) is 1. The minimum atomic E-state index is -0.324. The van der Waals surface area contributed by atoms with E-state index in [1.807, 2.05) is 0 Å². The molecule has 80 valence electrons. The van der Waals surface area contributed by atoms with Crippen LogP contribution in [0.15, 0.2) is 18.6 Å². The number of carbonyl (C=O) groups excluding carboxylic acids is 1. The molecule has 1 aromatic heterocycles. The molecule has 1 fully saturated rings. The zero-order valence-electron chi connectivity index (χ0n) is 8.43. The molecule has 1 aromatic rings. The number of piperidine rings is 1. The minimum Gasteiger partial charge on any atom is -0.389 e. The Morgan fingerprint density at radius 1 is 1.27 bits per heavy atom. The van der Waals surface area contributed by atoms with Crippen LogP contribution >= 0.6 is 0 Å². The second-order valence-corrected chi connectivity index (χ2v) is 3.46. The zero-order chi connectivity index (χ0) is 10.5. The molecule has 1 amide bonds. The van der Waals surface area contributed by atoms with E-state index >= 15 is 0 Å². The fraction of sp³-hybridized carbons (Fsp3) is 0.500. The van der Waals surface area contributed by atoms with E-state index in [1.165, 1.54) is 25.0 Å². The second-order valence-electron chi connectivity index (χ2n) is 3.46. The van der Waals surface area contributed by atoms with Crippen molar-refractivity contribution in [3.8, 4) is 5.88 Å². The Kier molecular flexibility index (Phi) is 3.11. The normalized spacial score (nSPS) is 16.1. The van der Waals surface area contributed by atoms with Crippen LogP contribution in [0, 0.1) is 0 Å². The van der Waals surface area contributed by atoms with Crippen LogP contribution in [0.4, 0.5) is 4.79 Å². The van der Waals surface area contributed by atoms with Crippen LogP contribution < -0.4 is 4.74 Å². The van der Waals surface area contributed by atoms with E-state index in [0.29, 0.717) is 0 Å². The topological polar surface area (TPSA) is 55.3 Å². The van der Waals surface area contributed by atoms with E-state index in [9.17, 15) is 4.79 Å². The fourth-order valence-electron chi connectivity index (χ4n) is 1.57. The predicted octanol–water partition coefficient (Wildman–Crippen LogP) is 1.46. The van der Waals surface area contributed by atoms with Crippen LogP contribution in [0.1, 0.15) is 19.3 Å². The van der Waals surface area contributed by atoms with E-state index in [1.54, 1.807) is 4.90 Å². The van der Waals surface area contributed by atoms with Crippen LogP contribution in [-0.2, 0) is 0 Å². The third kappa shape index (κ3) is 2.65. The summed E-state index contributed by atoms with van der Waals surface area (Å²) in [6.07, 6.45) is 7.44. The molecule has 1 aliphatic heterocycles. The van der Waals surface area contributed by atoms with Gasteiger partial charge in [-0.15, -0.1) is 0 Å². The molecule has 0 aromatic carbocycles. The average molecular weight is 207 g/mol. The minimum absolute atomic E-state index is 0.257. The first kappa shape index (κ1) is 9.89. The SMILES string of the molecule is O=C(Oc1cnccn1)N1CCCCC1. The van der Waals surface area contributed by atoms with Gasteiger partial charge in [0.15, 0.2) is 0 Å². The summed E-state index contributed by atoms with van der Waals surface area (Å²) in [5.41, 5.74) is 0. The largest absolute Gasteiger partial charge is 0.416 e. The summed E-state index contributed by atoms with van der Waals surface area (Å²) < 4.78 is 5.07. The van der Waals surface area contributed by atoms with Gasteiger partial charge >= 0.3 is 6.09 Å². The molecule has 0 unspecified atom stereocenters. The zero-order valence-corrected chi connectivity index (χ0v) is 8.43. The van der Waals surface area contributed by atoms with Gasteiger partial charge in [-0.1, -0.05) is 0 Å². The molecule has 0 atom stereocenters. The molecule has 0 spiro atoms. The molecule has 0 bridgehead atoms. The van der Waals surface area contributed by atoms with Crippen molar-refractivity contribution < 1.29 is 9.53 Å². The molecule has 1 aliphatic rings. The van der Waals surface area contributed by atoms with Crippen molar-refractivity contribution in [2.24, 2.45) is 0 Å². The Morgan fingerprint density at radius 2 is 2.07 bits per heavy atom. The van der Waals surface area contributed by atoms with Crippen LogP contribution in [0.3, 0.4) is 0 Å². The quantitative estimate of drug-likeness (QED) is 0.699. The van der Waals surface area contributed by atoms with E-state index in [0.717, 1.165) is 25.9 Å². The van der Waals surface area contributed by atoms with Crippen molar-refractivity contribution in [3.63, 3.8) is 0 Å². The molecular weight excluding hydrogens is 194 g/mol. The van der Waals surface area contributed by atoms with Crippen molar-refractivity contribution in [2.45, 2.75) is 19.3 Å². The number of ether oxygens (including phenoxy) is 1. The number of nitrogens with zero attached hydrogens (tertiary/aromatic N) is 3. The van der Waals surface area contributed by atoms with Gasteiger partial charge in [0.25, 0.3) is 0 Å². The number of amides is 1. The summed E-state index contributed by atoms with van der Waals surface area (Å²) in [4.78, 5) is 21.0. The highest BCUT2D eigenvalue weighted by molar-refractivity contribution is 5.70. The van der Waals surface area contributed by atoms with Crippen molar-refractivity contribution in [1.82, 2.24) is 14.9 Å². The lowest BCUT2D eigenvalue weighted by molar-refractivity contribution is 0.140. The molecule has 2 rings (SSSR count). The summed E-state index contributed by atoms with van der Waals surface area (Å²) >= 11 is 0. The van der Waals surface area contributed by atoms with Gasteiger partial charge in [0.05, 0.1) is 6.20 Å². The van der Waals surface area contributed by atoms with Gasteiger partial charge in [0.2, 0.25) is 5.88 Å². The number of hydrogen-bond donors (Lipinski definition) is 0. The van der Waals surface area contributed by atoms with E-state index in [2.05, 4.69) is 9.97 Å². The second kappa shape index (κ2) is 4.72. The van der Waals surface area contributed by atoms with E-state index in [-0.39, 0.29) is 12.0 Å². The first-order valence-electron chi connectivity index (χ1n) is 5.09. The summed E-state index contributed by atoms with van der Waals surface area (Å²) in [6, 6.07) is 0. The van der Waals surface area contributed by atoms with Gasteiger partial charge < -0.3 is 9.64 Å². The molecule has 2 heterocycles. The number of aromatic nitrogens is 2. The van der Waals surface area contributed by atoms with Crippen LogP contribution in [0.5, 0.6) is 5.88 Å². The van der Waals surface area contributed by atoms with Gasteiger partial charge in [-0.25, -0.2) is 9.78 Å². The molecule has 0 N–H and O–H groups in total. The third-order valence-electron chi connectivity index (χ3n) is 2.35. The molecular formula is C10H13N3O2. The summed E-state index contributed by atoms with van der Waals surface area (Å²) in [5.74, 6) is 0.257. The molecule has 15 heavy (non-hydrogen) atoms. The van der Waals surface area contributed by atoms with Crippen molar-refractivity contribution >= 4 is 6.09 Å². The summed E-state index contributed by atoms with van der Waals surface area (Å²) in [7, 11) is 0.